The highest BCUT2D eigenvalue weighted by Crippen LogP contribution is 2.58. The second kappa shape index (κ2) is 11.0. The van der Waals surface area contributed by atoms with Gasteiger partial charge in [0.05, 0.1) is 5.41 Å². The van der Waals surface area contributed by atoms with Crippen molar-refractivity contribution in [1.82, 2.24) is 30.2 Å². The molecule has 2 bridgehead atoms. The van der Waals surface area contributed by atoms with Gasteiger partial charge >= 0.3 is 11.7 Å². The molecule has 2 heterocycles. The second-order valence-electron chi connectivity index (χ2n) is 12.1. The molecule has 7 rings (SSSR count). The van der Waals surface area contributed by atoms with Crippen molar-refractivity contribution in [2.45, 2.75) is 64.6 Å². The number of benzene rings is 1. The zero-order valence-corrected chi connectivity index (χ0v) is 24.4. The normalized spacial score (nSPS) is 21.4. The summed E-state index contributed by atoms with van der Waals surface area (Å²) >= 11 is 0. The molecule has 7 N–H and O–H groups in total. The van der Waals surface area contributed by atoms with Crippen molar-refractivity contribution in [3.8, 4) is 0 Å². The molecule has 15 heteroatoms. The average molecular weight is 617 g/mol. The minimum Gasteiger partial charge on any atom is -0.481 e. The predicted octanol–water partition coefficient (Wildman–Crippen LogP) is 0.681. The Hall–Kier alpha value is -5.34. The van der Waals surface area contributed by atoms with Crippen molar-refractivity contribution in [1.29, 1.82) is 0 Å². The van der Waals surface area contributed by atoms with Crippen LogP contribution < -0.4 is 38.2 Å². The Morgan fingerprint density at radius 2 is 1.67 bits per heavy atom. The van der Waals surface area contributed by atoms with Gasteiger partial charge in [-0.3, -0.25) is 24.0 Å². The maximum Gasteiger partial charge on any atom is 0.349 e. The Morgan fingerprint density at radius 1 is 1.00 bits per heavy atom. The van der Waals surface area contributed by atoms with Crippen LogP contribution in [0.4, 0.5) is 11.4 Å². The Morgan fingerprint density at radius 3 is 2.31 bits per heavy atom. The summed E-state index contributed by atoms with van der Waals surface area (Å²) < 4.78 is 0.984. The molecule has 0 saturated heterocycles. The minimum atomic E-state index is -0.751. The van der Waals surface area contributed by atoms with E-state index in [1.54, 1.807) is 24.3 Å². The fourth-order valence-corrected chi connectivity index (χ4v) is 6.70. The van der Waals surface area contributed by atoms with Gasteiger partial charge in [-0.05, 0) is 68.1 Å². The standard InChI is InChI=1S/C30H32N8O7/c1-15(29-5-8-30(9-6-29,10-7-29)26(43)44)34-24(41)18-12-19(38-27(35-18)36-37-28(38)45)25(42)33-14-17-4-2-3-16(11-17)13-32-21-20(31)22(39)23(21)40/h2-4,11-12,15,32H,5-10,13-14,31H2,1H3,(H,33,42)(H,34,41)(H,37,45)(H,43,44). The van der Waals surface area contributed by atoms with Crippen LogP contribution in [0.5, 0.6) is 0 Å². The lowest BCUT2D eigenvalue weighted by molar-refractivity contribution is -0.159. The van der Waals surface area contributed by atoms with Crippen LogP contribution in [0.2, 0.25) is 0 Å². The summed E-state index contributed by atoms with van der Waals surface area (Å²) in [5.41, 5.74) is 3.84. The highest BCUT2D eigenvalue weighted by Gasteiger charge is 2.54. The number of amides is 2. The third-order valence-corrected chi connectivity index (χ3v) is 9.74. The quantitative estimate of drug-likeness (QED) is 0.136. The molecular weight excluding hydrogens is 584 g/mol. The number of nitrogens with two attached hydrogens (primary N) is 1. The predicted molar refractivity (Wildman–Crippen MR) is 161 cm³/mol. The Kier molecular flexibility index (Phi) is 7.25. The third-order valence-electron chi connectivity index (χ3n) is 9.74. The zero-order chi connectivity index (χ0) is 32.1. The van der Waals surface area contributed by atoms with E-state index in [2.05, 4.69) is 31.1 Å². The third kappa shape index (κ3) is 5.13. The monoisotopic (exact) mass is 616 g/mol. The number of nitrogens with zero attached hydrogens (tertiary/aromatic N) is 3. The first-order chi connectivity index (χ1) is 21.4. The van der Waals surface area contributed by atoms with Crippen molar-refractivity contribution in [3.63, 3.8) is 0 Å². The van der Waals surface area contributed by atoms with E-state index >= 15 is 0 Å². The summed E-state index contributed by atoms with van der Waals surface area (Å²) in [7, 11) is 0. The van der Waals surface area contributed by atoms with Crippen molar-refractivity contribution in [2.24, 2.45) is 10.8 Å². The number of aromatic amines is 1. The second-order valence-corrected chi connectivity index (χ2v) is 12.1. The van der Waals surface area contributed by atoms with Gasteiger partial charge in [-0.15, -0.1) is 5.10 Å². The fraction of sp³-hybridized carbons (Fsp3) is 0.400. The molecule has 3 aliphatic carbocycles. The molecule has 0 spiro atoms. The molecule has 45 heavy (non-hydrogen) atoms. The van der Waals surface area contributed by atoms with Crippen LogP contribution in [0.25, 0.3) is 5.78 Å². The van der Waals surface area contributed by atoms with Gasteiger partial charge < -0.3 is 26.8 Å². The number of carbonyl (C=O) groups excluding carboxylic acids is 2. The first-order valence-corrected chi connectivity index (χ1v) is 14.6. The molecule has 2 amide bonds. The number of carboxylic acids is 1. The molecule has 234 valence electrons. The van der Waals surface area contributed by atoms with E-state index in [-0.39, 0.29) is 53.1 Å². The largest absolute Gasteiger partial charge is 0.481 e. The van der Waals surface area contributed by atoms with Gasteiger partial charge in [0.2, 0.25) is 0 Å². The number of aliphatic carboxylic acids is 1. The number of rotatable bonds is 10. The number of carbonyl (C=O) groups is 3. The summed E-state index contributed by atoms with van der Waals surface area (Å²) in [6, 6.07) is 8.10. The number of nitrogens with one attached hydrogen (secondary N) is 4. The van der Waals surface area contributed by atoms with Gasteiger partial charge in [0.25, 0.3) is 28.4 Å². The number of hydrogen-bond acceptors (Lipinski definition) is 10. The summed E-state index contributed by atoms with van der Waals surface area (Å²) in [6.07, 6.45) is 3.78. The van der Waals surface area contributed by atoms with E-state index in [9.17, 15) is 33.9 Å². The van der Waals surface area contributed by atoms with Crippen molar-refractivity contribution >= 4 is 34.9 Å². The van der Waals surface area contributed by atoms with Crippen LogP contribution in [0.1, 0.15) is 77.6 Å². The van der Waals surface area contributed by atoms with E-state index in [1.807, 2.05) is 6.92 Å². The number of nitrogen functional groups attached to an aromatic ring is 1. The number of H-pyrrole nitrogens is 1. The fourth-order valence-electron chi connectivity index (χ4n) is 6.70. The van der Waals surface area contributed by atoms with Crippen LogP contribution in [0.3, 0.4) is 0 Å². The SMILES string of the molecule is CC(NC(=O)c1cc(C(=O)NCc2cccc(CNc3c(N)c(=O)c3=O)c2)n2c(=O)[nH]nc2n1)C12CCC(C(=O)O)(CC1)CC2. The molecule has 2 aromatic heterocycles. The number of anilines is 2. The summed E-state index contributed by atoms with van der Waals surface area (Å²) in [5, 5.41) is 24.4. The summed E-state index contributed by atoms with van der Waals surface area (Å²) in [5.74, 6) is -2.07. The van der Waals surface area contributed by atoms with Gasteiger partial charge in [0.15, 0.2) is 0 Å². The molecule has 4 aromatic rings. The average Bonchev–Trinajstić information content (AvgIpc) is 3.44. The summed E-state index contributed by atoms with van der Waals surface area (Å²) in [6.45, 7) is 2.20. The number of fused-ring (bicyclic) bond motifs is 4. The maximum atomic E-state index is 13.4. The first-order valence-electron chi connectivity index (χ1n) is 14.6. The maximum absolute atomic E-state index is 13.4. The van der Waals surface area contributed by atoms with Gasteiger partial charge in [0.1, 0.15) is 22.8 Å². The topological polar surface area (TPSA) is 231 Å². The van der Waals surface area contributed by atoms with E-state index < -0.39 is 39.7 Å². The number of carboxylic acid groups (broad SMARTS) is 1. The first kappa shape index (κ1) is 29.7. The number of aromatic nitrogens is 4. The van der Waals surface area contributed by atoms with Crippen LogP contribution in [-0.2, 0) is 17.9 Å². The van der Waals surface area contributed by atoms with Crippen molar-refractivity contribution < 1.29 is 19.5 Å². The zero-order valence-electron chi connectivity index (χ0n) is 24.4. The molecule has 3 aliphatic rings. The van der Waals surface area contributed by atoms with Crippen molar-refractivity contribution in [2.75, 3.05) is 11.1 Å². The van der Waals surface area contributed by atoms with Crippen LogP contribution in [-0.4, -0.2) is 48.5 Å². The van der Waals surface area contributed by atoms with Crippen LogP contribution in [0, 0.1) is 10.8 Å². The number of hydrogen-bond donors (Lipinski definition) is 6. The Labute approximate surface area is 254 Å². The highest BCUT2D eigenvalue weighted by molar-refractivity contribution is 5.98. The molecule has 1 unspecified atom stereocenters. The van der Waals surface area contributed by atoms with Crippen LogP contribution in [0.15, 0.2) is 44.7 Å². The van der Waals surface area contributed by atoms with E-state index in [4.69, 9.17) is 5.73 Å². The Balaban J connectivity index is 1.15. The molecule has 15 nitrogen and oxygen atoms in total. The highest BCUT2D eigenvalue weighted by atomic mass is 16.4. The Bertz CT molecular complexity index is 1960. The minimum absolute atomic E-state index is 0.0737. The lowest BCUT2D eigenvalue weighted by atomic mass is 9.52. The van der Waals surface area contributed by atoms with Gasteiger partial charge in [-0.1, -0.05) is 24.3 Å². The van der Waals surface area contributed by atoms with Gasteiger partial charge in [-0.2, -0.15) is 0 Å². The lowest BCUT2D eigenvalue weighted by Crippen LogP contribution is -2.54. The van der Waals surface area contributed by atoms with E-state index in [0.717, 1.165) is 9.96 Å². The lowest BCUT2D eigenvalue weighted by Gasteiger charge is -2.54. The van der Waals surface area contributed by atoms with Crippen LogP contribution >= 0.6 is 0 Å². The van der Waals surface area contributed by atoms with E-state index in [1.165, 1.54) is 6.07 Å². The van der Waals surface area contributed by atoms with Crippen molar-refractivity contribution in [3.05, 3.63) is 83.8 Å². The summed E-state index contributed by atoms with van der Waals surface area (Å²) in [4.78, 5) is 78.2. The molecule has 2 aromatic carbocycles. The smallest absolute Gasteiger partial charge is 0.349 e. The molecule has 3 saturated carbocycles. The molecule has 1 atom stereocenters. The molecular formula is C30H32N8O7. The molecule has 3 fully saturated rings. The molecule has 0 aliphatic heterocycles. The van der Waals surface area contributed by atoms with Gasteiger partial charge in [0, 0.05) is 19.1 Å². The molecule has 0 radical (unpaired) electrons. The van der Waals surface area contributed by atoms with Gasteiger partial charge in [-0.25, -0.2) is 19.3 Å². The van der Waals surface area contributed by atoms with E-state index in [0.29, 0.717) is 44.1 Å².